The minimum absolute atomic E-state index is 0.280. The lowest BCUT2D eigenvalue weighted by atomic mass is 10.1. The third-order valence-electron chi connectivity index (χ3n) is 2.58. The van der Waals surface area contributed by atoms with Crippen LogP contribution in [0.15, 0.2) is 18.2 Å². The van der Waals surface area contributed by atoms with Crippen LogP contribution in [-0.2, 0) is 20.1 Å². The molecule has 4 nitrogen and oxygen atoms in total. The molecule has 0 aliphatic carbocycles. The van der Waals surface area contributed by atoms with Crippen molar-refractivity contribution in [2.75, 3.05) is 18.5 Å². The van der Waals surface area contributed by atoms with Gasteiger partial charge in [-0.15, -0.1) is 0 Å². The summed E-state index contributed by atoms with van der Waals surface area (Å²) < 4.78 is 10.8. The summed E-state index contributed by atoms with van der Waals surface area (Å²) >= 11 is 5.83. The molecule has 1 spiro atoms. The van der Waals surface area contributed by atoms with Crippen molar-refractivity contribution in [3.63, 3.8) is 0 Å². The second-order valence-electron chi connectivity index (χ2n) is 3.46. The summed E-state index contributed by atoms with van der Waals surface area (Å²) in [5, 5.41) is 3.27. The Balaban J connectivity index is 2.17. The Morgan fingerprint density at radius 3 is 2.80 bits per heavy atom. The first-order valence-corrected chi connectivity index (χ1v) is 4.99. The van der Waals surface area contributed by atoms with E-state index in [4.69, 9.17) is 21.1 Å². The van der Waals surface area contributed by atoms with Gasteiger partial charge in [0.2, 0.25) is 0 Å². The average molecular weight is 226 g/mol. The van der Waals surface area contributed by atoms with Crippen molar-refractivity contribution in [2.45, 2.75) is 5.79 Å². The number of rotatable bonds is 0. The number of benzene rings is 1. The number of ether oxygens (including phenoxy) is 2. The molecule has 0 aromatic heterocycles. The van der Waals surface area contributed by atoms with Gasteiger partial charge < -0.3 is 14.8 Å². The summed E-state index contributed by atoms with van der Waals surface area (Å²) in [5.74, 6) is -1.52. The topological polar surface area (TPSA) is 47.6 Å². The maximum Gasteiger partial charge on any atom is 0.289 e. The van der Waals surface area contributed by atoms with Crippen molar-refractivity contribution < 1.29 is 14.3 Å². The van der Waals surface area contributed by atoms with Gasteiger partial charge >= 0.3 is 0 Å². The standard InChI is InChI=1S/C10H8ClNO3/c11-6-1-2-7-8(5-6)12-9(13)10(7)14-3-4-15-10/h1-2,5H,3-4H2,(H,12,13). The predicted molar refractivity (Wildman–Crippen MR) is 53.7 cm³/mol. The molecule has 1 saturated heterocycles. The van der Waals surface area contributed by atoms with Crippen molar-refractivity contribution in [1.82, 2.24) is 0 Å². The number of fused-ring (bicyclic) bond motifs is 2. The number of anilines is 1. The van der Waals surface area contributed by atoms with Gasteiger partial charge in [-0.2, -0.15) is 0 Å². The SMILES string of the molecule is O=C1Nc2cc(Cl)ccc2C12OCCO2. The van der Waals surface area contributed by atoms with Gasteiger partial charge in [-0.05, 0) is 18.2 Å². The molecule has 0 radical (unpaired) electrons. The van der Waals surface area contributed by atoms with Crippen LogP contribution in [0.3, 0.4) is 0 Å². The lowest BCUT2D eigenvalue weighted by Crippen LogP contribution is -2.35. The molecule has 1 aromatic carbocycles. The third kappa shape index (κ3) is 1.13. The van der Waals surface area contributed by atoms with Crippen LogP contribution in [0.25, 0.3) is 0 Å². The maximum atomic E-state index is 11.8. The van der Waals surface area contributed by atoms with E-state index in [9.17, 15) is 4.79 Å². The highest BCUT2D eigenvalue weighted by Gasteiger charge is 2.52. The van der Waals surface area contributed by atoms with Crippen molar-refractivity contribution >= 4 is 23.2 Å². The van der Waals surface area contributed by atoms with E-state index in [0.29, 0.717) is 29.5 Å². The zero-order chi connectivity index (χ0) is 10.5. The van der Waals surface area contributed by atoms with Crippen LogP contribution in [-0.4, -0.2) is 19.1 Å². The van der Waals surface area contributed by atoms with E-state index in [1.807, 2.05) is 0 Å². The van der Waals surface area contributed by atoms with E-state index >= 15 is 0 Å². The summed E-state index contributed by atoms with van der Waals surface area (Å²) in [4.78, 5) is 11.8. The summed E-state index contributed by atoms with van der Waals surface area (Å²) in [7, 11) is 0. The van der Waals surface area contributed by atoms with Gasteiger partial charge in [0.05, 0.1) is 18.9 Å². The zero-order valence-corrected chi connectivity index (χ0v) is 8.50. The van der Waals surface area contributed by atoms with E-state index in [1.54, 1.807) is 18.2 Å². The lowest BCUT2D eigenvalue weighted by Gasteiger charge is -2.18. The van der Waals surface area contributed by atoms with Gasteiger partial charge in [0.25, 0.3) is 11.7 Å². The van der Waals surface area contributed by atoms with Crippen LogP contribution >= 0.6 is 11.6 Å². The number of hydrogen-bond acceptors (Lipinski definition) is 3. The second kappa shape index (κ2) is 2.95. The summed E-state index contributed by atoms with van der Waals surface area (Å²) in [5.41, 5.74) is 1.36. The fourth-order valence-corrected chi connectivity index (χ4v) is 2.10. The number of halogens is 1. The molecule has 0 unspecified atom stereocenters. The first kappa shape index (κ1) is 9.15. The van der Waals surface area contributed by atoms with Gasteiger partial charge in [-0.25, -0.2) is 0 Å². The summed E-state index contributed by atoms with van der Waals surface area (Å²) in [6.07, 6.45) is 0. The highest BCUT2D eigenvalue weighted by molar-refractivity contribution is 6.31. The van der Waals surface area contributed by atoms with Crippen molar-refractivity contribution in [1.29, 1.82) is 0 Å². The Morgan fingerprint density at radius 1 is 1.33 bits per heavy atom. The van der Waals surface area contributed by atoms with Gasteiger partial charge in [-0.3, -0.25) is 4.79 Å². The molecule has 0 atom stereocenters. The molecule has 1 amide bonds. The lowest BCUT2D eigenvalue weighted by molar-refractivity contribution is -0.178. The fourth-order valence-electron chi connectivity index (χ4n) is 1.93. The zero-order valence-electron chi connectivity index (χ0n) is 7.75. The first-order chi connectivity index (χ1) is 7.22. The molecule has 2 heterocycles. The smallest absolute Gasteiger partial charge is 0.289 e. The summed E-state index contributed by atoms with van der Waals surface area (Å²) in [6.45, 7) is 0.852. The normalized spacial score (nSPS) is 21.8. The molecule has 15 heavy (non-hydrogen) atoms. The molecule has 1 fully saturated rings. The molecular formula is C10H8ClNO3. The number of carbonyl (C=O) groups excluding carboxylic acids is 1. The van der Waals surface area contributed by atoms with E-state index in [1.165, 1.54) is 0 Å². The number of carbonyl (C=O) groups is 1. The van der Waals surface area contributed by atoms with Crippen LogP contribution in [0.1, 0.15) is 5.56 Å². The van der Waals surface area contributed by atoms with Crippen LogP contribution in [0.4, 0.5) is 5.69 Å². The fraction of sp³-hybridized carbons (Fsp3) is 0.300. The van der Waals surface area contributed by atoms with Crippen molar-refractivity contribution in [2.24, 2.45) is 0 Å². The van der Waals surface area contributed by atoms with Crippen molar-refractivity contribution in [3.05, 3.63) is 28.8 Å². The van der Waals surface area contributed by atoms with E-state index in [2.05, 4.69) is 5.32 Å². The van der Waals surface area contributed by atoms with Crippen molar-refractivity contribution in [3.8, 4) is 0 Å². The predicted octanol–water partition coefficient (Wildman–Crippen LogP) is 1.49. The van der Waals surface area contributed by atoms with Crippen LogP contribution in [0.2, 0.25) is 5.02 Å². The summed E-state index contributed by atoms with van der Waals surface area (Å²) in [6, 6.07) is 5.16. The highest BCUT2D eigenvalue weighted by Crippen LogP contribution is 2.42. The van der Waals surface area contributed by atoms with Crippen LogP contribution in [0, 0.1) is 0 Å². The third-order valence-corrected chi connectivity index (χ3v) is 2.81. The number of nitrogens with one attached hydrogen (secondary N) is 1. The Bertz CT molecular complexity index is 440. The monoisotopic (exact) mass is 225 g/mol. The largest absolute Gasteiger partial charge is 0.336 e. The molecule has 2 aliphatic heterocycles. The molecule has 3 rings (SSSR count). The van der Waals surface area contributed by atoms with E-state index in [-0.39, 0.29) is 5.91 Å². The molecule has 1 aromatic rings. The molecule has 5 heteroatoms. The van der Waals surface area contributed by atoms with E-state index < -0.39 is 5.79 Å². The molecule has 2 aliphatic rings. The second-order valence-corrected chi connectivity index (χ2v) is 3.89. The number of amides is 1. The quantitative estimate of drug-likeness (QED) is 0.728. The minimum Gasteiger partial charge on any atom is -0.336 e. The molecule has 78 valence electrons. The Labute approximate surface area is 91.1 Å². The Hall–Kier alpha value is -1.10. The van der Waals surface area contributed by atoms with Gasteiger partial charge in [-0.1, -0.05) is 11.6 Å². The molecule has 0 bridgehead atoms. The number of hydrogen-bond donors (Lipinski definition) is 1. The highest BCUT2D eigenvalue weighted by atomic mass is 35.5. The average Bonchev–Trinajstić information content (AvgIpc) is 2.76. The van der Waals surface area contributed by atoms with Gasteiger partial charge in [0.15, 0.2) is 0 Å². The van der Waals surface area contributed by atoms with Gasteiger partial charge in [0.1, 0.15) is 0 Å². The van der Waals surface area contributed by atoms with Gasteiger partial charge in [0, 0.05) is 10.6 Å². The molecule has 1 N–H and O–H groups in total. The Morgan fingerprint density at radius 2 is 2.07 bits per heavy atom. The molecular weight excluding hydrogens is 218 g/mol. The minimum atomic E-state index is -1.24. The van der Waals surface area contributed by atoms with E-state index in [0.717, 1.165) is 0 Å². The van der Waals surface area contributed by atoms with Crippen LogP contribution < -0.4 is 5.32 Å². The maximum absolute atomic E-state index is 11.8. The molecule has 0 saturated carbocycles. The first-order valence-electron chi connectivity index (χ1n) is 4.62. The Kier molecular flexibility index (Phi) is 1.80. The van der Waals surface area contributed by atoms with Crippen LogP contribution in [0.5, 0.6) is 0 Å².